The molecule has 1 N–H and O–H groups in total. The highest BCUT2D eigenvalue weighted by Crippen LogP contribution is 2.64. The Morgan fingerprint density at radius 1 is 1.17 bits per heavy atom. The van der Waals surface area contributed by atoms with Crippen molar-refractivity contribution in [2.24, 2.45) is 17.8 Å². The number of nitrogens with one attached hydrogen (secondary N) is 1. The molecule has 1 aliphatic heterocycles. The van der Waals surface area contributed by atoms with Crippen LogP contribution in [0.5, 0.6) is 5.75 Å². The molecule has 0 radical (unpaired) electrons. The number of rotatable bonds is 2. The topological polar surface area (TPSA) is 25.0 Å². The van der Waals surface area contributed by atoms with Crippen LogP contribution in [0.15, 0.2) is 29.3 Å². The Morgan fingerprint density at radius 2 is 1.96 bits per heavy atom. The zero-order valence-corrected chi connectivity index (χ0v) is 15.4. The quantitative estimate of drug-likeness (QED) is 0.718. The first-order chi connectivity index (χ1) is 11.2. The minimum absolute atomic E-state index is 0.510. The molecule has 0 saturated heterocycles. The number of methoxy groups -OCH3 is 1. The van der Waals surface area contributed by atoms with Gasteiger partial charge in [-0.1, -0.05) is 12.1 Å². The SMILES string of the molecule is COc1ccc([C@@H]2c3sc(=S)[nH]c3S[C@@H]3[C@@H]4CC[C@@H](C4)[C@H]23)cc1. The van der Waals surface area contributed by atoms with E-state index in [1.54, 1.807) is 18.4 Å². The van der Waals surface area contributed by atoms with E-state index in [0.29, 0.717) is 5.92 Å². The summed E-state index contributed by atoms with van der Waals surface area (Å²) < 4.78 is 6.27. The van der Waals surface area contributed by atoms with E-state index in [2.05, 4.69) is 41.0 Å². The van der Waals surface area contributed by atoms with E-state index in [9.17, 15) is 0 Å². The van der Waals surface area contributed by atoms with E-state index in [4.69, 9.17) is 17.0 Å². The van der Waals surface area contributed by atoms with Crippen LogP contribution in [0.4, 0.5) is 0 Å². The Morgan fingerprint density at radius 3 is 2.74 bits per heavy atom. The van der Waals surface area contributed by atoms with Crippen LogP contribution in [0.2, 0.25) is 0 Å². The van der Waals surface area contributed by atoms with Gasteiger partial charge in [-0.3, -0.25) is 0 Å². The largest absolute Gasteiger partial charge is 0.497 e. The molecule has 3 aliphatic rings. The molecular weight excluding hydrogens is 342 g/mol. The van der Waals surface area contributed by atoms with Gasteiger partial charge in [0.15, 0.2) is 3.95 Å². The van der Waals surface area contributed by atoms with Gasteiger partial charge in [0.25, 0.3) is 0 Å². The van der Waals surface area contributed by atoms with Gasteiger partial charge < -0.3 is 9.72 Å². The lowest BCUT2D eigenvalue weighted by Crippen LogP contribution is -2.33. The number of H-pyrrole nitrogens is 1. The van der Waals surface area contributed by atoms with Gasteiger partial charge in [0.1, 0.15) is 5.75 Å². The second-order valence-electron chi connectivity index (χ2n) is 6.95. The van der Waals surface area contributed by atoms with Crippen LogP contribution in [0.3, 0.4) is 0 Å². The molecule has 2 heterocycles. The number of hydrogen-bond donors (Lipinski definition) is 1. The lowest BCUT2D eigenvalue weighted by atomic mass is 9.75. The summed E-state index contributed by atoms with van der Waals surface area (Å²) in [7, 11) is 1.73. The van der Waals surface area contributed by atoms with Crippen molar-refractivity contribution in [2.75, 3.05) is 7.11 Å². The van der Waals surface area contributed by atoms with E-state index in [1.165, 1.54) is 34.7 Å². The summed E-state index contributed by atoms with van der Waals surface area (Å²) in [5, 5.41) is 2.11. The van der Waals surface area contributed by atoms with Gasteiger partial charge in [0.05, 0.1) is 12.1 Å². The Balaban J connectivity index is 1.64. The van der Waals surface area contributed by atoms with Crippen LogP contribution in [0.25, 0.3) is 0 Å². The second-order valence-corrected chi connectivity index (χ2v) is 9.86. The summed E-state index contributed by atoms with van der Waals surface area (Å²) in [5.74, 6) is 4.03. The molecule has 5 heteroatoms. The van der Waals surface area contributed by atoms with Crippen molar-refractivity contribution in [1.82, 2.24) is 4.98 Å². The minimum Gasteiger partial charge on any atom is -0.497 e. The van der Waals surface area contributed by atoms with Crippen molar-refractivity contribution in [1.29, 1.82) is 0 Å². The molecule has 0 unspecified atom stereocenters. The Kier molecular flexibility index (Phi) is 3.39. The molecule has 1 aromatic heterocycles. The van der Waals surface area contributed by atoms with Crippen molar-refractivity contribution in [3.05, 3.63) is 38.7 Å². The summed E-state index contributed by atoms with van der Waals surface area (Å²) in [6, 6.07) is 8.72. The third kappa shape index (κ3) is 2.16. The van der Waals surface area contributed by atoms with Crippen LogP contribution in [0.1, 0.15) is 35.6 Å². The zero-order chi connectivity index (χ0) is 15.6. The molecule has 2 saturated carbocycles. The highest BCUT2D eigenvalue weighted by atomic mass is 32.2. The number of hydrogen-bond acceptors (Lipinski definition) is 4. The van der Waals surface area contributed by atoms with Gasteiger partial charge in [-0.15, -0.1) is 23.1 Å². The molecule has 1 aromatic carbocycles. The average Bonchev–Trinajstić information content (AvgIpc) is 3.26. The molecule has 2 aromatic rings. The first-order valence-corrected chi connectivity index (χ1v) is 10.4. The van der Waals surface area contributed by atoms with Crippen LogP contribution >= 0.6 is 35.3 Å². The van der Waals surface area contributed by atoms with Crippen molar-refractivity contribution in [2.45, 2.75) is 35.5 Å². The monoisotopic (exact) mass is 361 g/mol. The number of benzene rings is 1. The molecule has 23 heavy (non-hydrogen) atoms. The summed E-state index contributed by atoms with van der Waals surface area (Å²) in [6.45, 7) is 0. The fourth-order valence-electron chi connectivity index (χ4n) is 5.03. The first kappa shape index (κ1) is 14.6. The lowest BCUT2D eigenvalue weighted by Gasteiger charge is -2.40. The molecule has 120 valence electrons. The molecule has 0 amide bonds. The summed E-state index contributed by atoms with van der Waals surface area (Å²) in [6.07, 6.45) is 4.28. The maximum absolute atomic E-state index is 5.46. The lowest BCUT2D eigenvalue weighted by molar-refractivity contribution is 0.307. The van der Waals surface area contributed by atoms with Gasteiger partial charge >= 0.3 is 0 Å². The maximum Gasteiger partial charge on any atom is 0.159 e. The molecule has 2 bridgehead atoms. The van der Waals surface area contributed by atoms with Gasteiger partial charge in [0, 0.05) is 16.0 Å². The first-order valence-electron chi connectivity index (χ1n) is 8.28. The molecule has 2 fully saturated rings. The summed E-state index contributed by atoms with van der Waals surface area (Å²) in [5.41, 5.74) is 1.43. The van der Waals surface area contributed by atoms with Crippen LogP contribution in [-0.2, 0) is 0 Å². The molecule has 2 nitrogen and oxygen atoms in total. The number of aromatic amines is 1. The Hall–Kier alpha value is -0.780. The molecule has 5 atom stereocenters. The molecule has 2 aliphatic carbocycles. The number of ether oxygens (including phenoxy) is 1. The van der Waals surface area contributed by atoms with Crippen LogP contribution in [0, 0.1) is 21.7 Å². The van der Waals surface area contributed by atoms with Crippen molar-refractivity contribution in [3.63, 3.8) is 0 Å². The Bertz CT molecular complexity index is 793. The number of thioether (sulfide) groups is 1. The fraction of sp³-hybridized carbons (Fsp3) is 0.500. The van der Waals surface area contributed by atoms with Crippen LogP contribution < -0.4 is 4.74 Å². The molecular formula is C18H19NOS3. The molecule has 0 spiro atoms. The van der Waals surface area contributed by atoms with E-state index in [0.717, 1.165) is 32.7 Å². The number of aromatic nitrogens is 1. The third-order valence-corrected chi connectivity index (χ3v) is 8.92. The van der Waals surface area contributed by atoms with Gasteiger partial charge in [-0.05, 0) is 66.9 Å². The highest BCUT2D eigenvalue weighted by Gasteiger charge is 2.54. The summed E-state index contributed by atoms with van der Waals surface area (Å²) in [4.78, 5) is 4.93. The summed E-state index contributed by atoms with van der Waals surface area (Å²) >= 11 is 9.33. The smallest absolute Gasteiger partial charge is 0.159 e. The minimum atomic E-state index is 0.510. The maximum atomic E-state index is 5.46. The standard InChI is InChI=1S/C18H19NOS3/c1-20-12-6-4-9(5-7-12)13-14-10-2-3-11(8-10)15(14)22-17-16(13)23-18(21)19-17/h4-7,10-11,13-15H,2-3,8H2,1H3,(H,19,21)/t10-,11+,13-,14+,15+/m0/s1. The predicted molar refractivity (Wildman–Crippen MR) is 98.3 cm³/mol. The highest BCUT2D eigenvalue weighted by molar-refractivity contribution is 8.00. The fourth-order valence-corrected chi connectivity index (χ4v) is 8.37. The van der Waals surface area contributed by atoms with Gasteiger partial charge in [-0.25, -0.2) is 0 Å². The second kappa shape index (κ2) is 5.36. The van der Waals surface area contributed by atoms with Crippen molar-refractivity contribution < 1.29 is 4.74 Å². The van der Waals surface area contributed by atoms with E-state index in [-0.39, 0.29) is 0 Å². The Labute approximate surface area is 149 Å². The number of fused-ring (bicyclic) bond motifs is 6. The zero-order valence-electron chi connectivity index (χ0n) is 13.0. The number of thiazole rings is 1. The van der Waals surface area contributed by atoms with Crippen molar-refractivity contribution in [3.8, 4) is 5.75 Å². The van der Waals surface area contributed by atoms with Gasteiger partial charge in [-0.2, -0.15) is 0 Å². The van der Waals surface area contributed by atoms with Crippen molar-refractivity contribution >= 4 is 35.3 Å². The van der Waals surface area contributed by atoms with E-state index >= 15 is 0 Å². The van der Waals surface area contributed by atoms with Gasteiger partial charge in [0.2, 0.25) is 0 Å². The average molecular weight is 362 g/mol. The van der Waals surface area contributed by atoms with E-state index < -0.39 is 0 Å². The third-order valence-electron chi connectivity index (χ3n) is 5.94. The van der Waals surface area contributed by atoms with Crippen LogP contribution in [-0.4, -0.2) is 17.3 Å². The molecule has 5 rings (SSSR count). The van der Waals surface area contributed by atoms with E-state index in [1.807, 2.05) is 0 Å². The normalized spacial score (nSPS) is 34.2. The predicted octanol–water partition coefficient (Wildman–Crippen LogP) is 5.47.